The lowest BCUT2D eigenvalue weighted by molar-refractivity contribution is -0.123. The van der Waals surface area contributed by atoms with E-state index >= 15 is 0 Å². The van der Waals surface area contributed by atoms with Gasteiger partial charge in [0.15, 0.2) is 0 Å². The van der Waals surface area contributed by atoms with Gasteiger partial charge in [-0.1, -0.05) is 18.2 Å². The molecule has 0 radical (unpaired) electrons. The van der Waals surface area contributed by atoms with Crippen LogP contribution in [0.15, 0.2) is 53.5 Å². The van der Waals surface area contributed by atoms with E-state index in [-0.39, 0.29) is 37.1 Å². The van der Waals surface area contributed by atoms with Crippen molar-refractivity contribution in [3.63, 3.8) is 0 Å². The van der Waals surface area contributed by atoms with Crippen molar-refractivity contribution in [2.45, 2.75) is 52.0 Å². The Morgan fingerprint density at radius 1 is 1.21 bits per heavy atom. The summed E-state index contributed by atoms with van der Waals surface area (Å²) >= 11 is 0. The number of likely N-dealkylation sites (N-methyl/N-ethyl adjacent to an activating group) is 1. The number of aromatic nitrogens is 3. The standard InChI is InChI=1S/C27H34N6O6/c1-17(2)39-16-18-9-7-11-19-24(18)31-22(28-19)15-33-14-8-12-21(26(33)36)29-25(35)20(30-27(37)38)10-5-6-13-23(34)32(3)4/h6-9,11-14,17,20,30H,5,10,15-16H2,1-4H3,(H,28,31)(H,29,35)(H,37,38). The second-order valence-corrected chi connectivity index (χ2v) is 9.42. The number of benzene rings is 1. The third-order valence-corrected chi connectivity index (χ3v) is 5.75. The zero-order valence-electron chi connectivity index (χ0n) is 22.4. The molecule has 1 unspecified atom stereocenters. The number of hydrogen-bond donors (Lipinski definition) is 4. The average Bonchev–Trinajstić information content (AvgIpc) is 3.29. The van der Waals surface area contributed by atoms with E-state index in [1.165, 1.54) is 21.6 Å². The van der Waals surface area contributed by atoms with Crippen LogP contribution in [-0.4, -0.2) is 68.7 Å². The van der Waals surface area contributed by atoms with Gasteiger partial charge in [0.05, 0.1) is 30.3 Å². The van der Waals surface area contributed by atoms with Crippen LogP contribution in [0.1, 0.15) is 38.1 Å². The lowest BCUT2D eigenvalue weighted by atomic mass is 10.1. The first-order valence-electron chi connectivity index (χ1n) is 12.5. The molecule has 0 aliphatic heterocycles. The van der Waals surface area contributed by atoms with Crippen LogP contribution in [0.2, 0.25) is 0 Å². The van der Waals surface area contributed by atoms with E-state index in [9.17, 15) is 19.2 Å². The summed E-state index contributed by atoms with van der Waals surface area (Å²) in [7, 11) is 3.21. The van der Waals surface area contributed by atoms with Crippen LogP contribution in [0.5, 0.6) is 0 Å². The maximum Gasteiger partial charge on any atom is 0.405 e. The molecule has 0 spiro atoms. The van der Waals surface area contributed by atoms with Crippen LogP contribution in [-0.2, 0) is 27.5 Å². The summed E-state index contributed by atoms with van der Waals surface area (Å²) in [6.07, 6.45) is 3.55. The van der Waals surface area contributed by atoms with Gasteiger partial charge in [-0.25, -0.2) is 9.78 Å². The number of rotatable bonds is 12. The number of imidazole rings is 1. The molecule has 12 heteroatoms. The first-order chi connectivity index (χ1) is 18.5. The van der Waals surface area contributed by atoms with Crippen LogP contribution >= 0.6 is 0 Å². The van der Waals surface area contributed by atoms with Gasteiger partial charge in [0.2, 0.25) is 11.8 Å². The largest absolute Gasteiger partial charge is 0.465 e. The fourth-order valence-electron chi connectivity index (χ4n) is 3.74. The van der Waals surface area contributed by atoms with Gasteiger partial charge in [-0.05, 0) is 51.0 Å². The second kappa shape index (κ2) is 13.4. The fourth-order valence-corrected chi connectivity index (χ4v) is 3.74. The monoisotopic (exact) mass is 538 g/mol. The van der Waals surface area contributed by atoms with Crippen molar-refractivity contribution < 1.29 is 24.2 Å². The van der Waals surface area contributed by atoms with E-state index in [1.54, 1.807) is 32.4 Å². The molecular formula is C27H34N6O6. The summed E-state index contributed by atoms with van der Waals surface area (Å²) in [4.78, 5) is 58.1. The number of carbonyl (C=O) groups excluding carboxylic acids is 2. The molecular weight excluding hydrogens is 504 g/mol. The van der Waals surface area contributed by atoms with E-state index < -0.39 is 23.6 Å². The van der Waals surface area contributed by atoms with Gasteiger partial charge in [-0.2, -0.15) is 0 Å². The summed E-state index contributed by atoms with van der Waals surface area (Å²) in [5, 5.41) is 13.9. The molecule has 0 saturated carbocycles. The van der Waals surface area contributed by atoms with E-state index in [1.807, 2.05) is 32.0 Å². The molecule has 208 valence electrons. The Hall–Kier alpha value is -4.45. The number of anilines is 1. The smallest absolute Gasteiger partial charge is 0.405 e. The zero-order chi connectivity index (χ0) is 28.5. The van der Waals surface area contributed by atoms with Crippen LogP contribution in [0, 0.1) is 0 Å². The van der Waals surface area contributed by atoms with Gasteiger partial charge >= 0.3 is 6.09 Å². The molecule has 1 atom stereocenters. The summed E-state index contributed by atoms with van der Waals surface area (Å²) in [5.41, 5.74) is 2.03. The van der Waals surface area contributed by atoms with Gasteiger partial charge < -0.3 is 34.9 Å². The van der Waals surface area contributed by atoms with Gasteiger partial charge in [0.25, 0.3) is 5.56 Å². The molecule has 4 N–H and O–H groups in total. The number of carboxylic acid groups (broad SMARTS) is 1. The van der Waals surface area contributed by atoms with Crippen LogP contribution in [0.4, 0.5) is 10.5 Å². The molecule has 0 aliphatic carbocycles. The molecule has 0 fully saturated rings. The molecule has 1 aromatic carbocycles. The highest BCUT2D eigenvalue weighted by molar-refractivity contribution is 5.96. The van der Waals surface area contributed by atoms with Crippen molar-refractivity contribution in [3.8, 4) is 0 Å². The first kappa shape index (κ1) is 29.1. The van der Waals surface area contributed by atoms with Gasteiger partial charge in [-0.15, -0.1) is 0 Å². The highest BCUT2D eigenvalue weighted by atomic mass is 16.5. The second-order valence-electron chi connectivity index (χ2n) is 9.42. The van der Waals surface area contributed by atoms with Crippen molar-refractivity contribution in [3.05, 3.63) is 70.4 Å². The summed E-state index contributed by atoms with van der Waals surface area (Å²) < 4.78 is 7.11. The Kier molecular flexibility index (Phi) is 9.98. The van der Waals surface area contributed by atoms with Crippen molar-refractivity contribution >= 4 is 34.6 Å². The highest BCUT2D eigenvalue weighted by Crippen LogP contribution is 2.18. The summed E-state index contributed by atoms with van der Waals surface area (Å²) in [6, 6.07) is 7.67. The number of fused-ring (bicyclic) bond motifs is 1. The zero-order valence-corrected chi connectivity index (χ0v) is 22.4. The highest BCUT2D eigenvalue weighted by Gasteiger charge is 2.21. The molecule has 0 aliphatic rings. The lowest BCUT2D eigenvalue weighted by Crippen LogP contribution is -2.44. The third kappa shape index (κ3) is 8.27. The maximum absolute atomic E-state index is 13.1. The number of para-hydroxylation sites is 1. The van der Waals surface area contributed by atoms with Crippen LogP contribution < -0.4 is 16.2 Å². The topological polar surface area (TPSA) is 159 Å². The first-order valence-corrected chi connectivity index (χ1v) is 12.5. The summed E-state index contributed by atoms with van der Waals surface area (Å²) in [6.45, 7) is 4.46. The maximum atomic E-state index is 13.1. The SMILES string of the molecule is CC(C)OCc1cccc2[nH]c(Cn3cccc(NC(=O)C(CCC=CC(=O)N(C)C)NC(=O)O)c3=O)nc12. The molecule has 0 bridgehead atoms. The minimum atomic E-state index is -1.38. The predicted octanol–water partition coefficient (Wildman–Crippen LogP) is 2.70. The van der Waals surface area contributed by atoms with E-state index in [0.29, 0.717) is 12.4 Å². The Labute approximate surface area is 225 Å². The predicted molar refractivity (Wildman–Crippen MR) is 146 cm³/mol. The van der Waals surface area contributed by atoms with Crippen molar-refractivity contribution in [1.82, 2.24) is 24.8 Å². The van der Waals surface area contributed by atoms with Crippen molar-refractivity contribution in [2.75, 3.05) is 19.4 Å². The van der Waals surface area contributed by atoms with Crippen molar-refractivity contribution in [1.29, 1.82) is 0 Å². The fraction of sp³-hybridized carbons (Fsp3) is 0.370. The minimum Gasteiger partial charge on any atom is -0.465 e. The number of pyridine rings is 1. The molecule has 3 amide bonds. The molecule has 3 aromatic rings. The van der Waals surface area contributed by atoms with E-state index in [0.717, 1.165) is 16.6 Å². The van der Waals surface area contributed by atoms with E-state index in [2.05, 4.69) is 20.6 Å². The van der Waals surface area contributed by atoms with Crippen molar-refractivity contribution in [2.24, 2.45) is 0 Å². The number of hydrogen-bond acceptors (Lipinski definition) is 6. The lowest BCUT2D eigenvalue weighted by Gasteiger charge is -2.16. The van der Waals surface area contributed by atoms with Crippen LogP contribution in [0.3, 0.4) is 0 Å². The van der Waals surface area contributed by atoms with E-state index in [4.69, 9.17) is 9.84 Å². The quantitative estimate of drug-likeness (QED) is 0.258. The normalized spacial score (nSPS) is 12.1. The molecule has 0 saturated heterocycles. The number of carbonyl (C=O) groups is 3. The average molecular weight is 539 g/mol. The number of aromatic amines is 1. The number of nitrogens with zero attached hydrogens (tertiary/aromatic N) is 3. The molecule has 39 heavy (non-hydrogen) atoms. The molecule has 2 heterocycles. The molecule has 3 rings (SSSR count). The Balaban J connectivity index is 1.73. The number of amides is 3. The van der Waals surface area contributed by atoms with Gasteiger partial charge in [0, 0.05) is 25.9 Å². The minimum absolute atomic E-state index is 0.000139. The van der Waals surface area contributed by atoms with Crippen LogP contribution in [0.25, 0.3) is 11.0 Å². The number of allylic oxidation sites excluding steroid dienone is 1. The Bertz CT molecular complexity index is 1410. The van der Waals surface area contributed by atoms with Gasteiger partial charge in [-0.3, -0.25) is 14.4 Å². The number of nitrogens with one attached hydrogen (secondary N) is 3. The molecule has 12 nitrogen and oxygen atoms in total. The number of H-pyrrole nitrogens is 1. The summed E-state index contributed by atoms with van der Waals surface area (Å²) in [5.74, 6) is -0.355. The Morgan fingerprint density at radius 2 is 1.97 bits per heavy atom. The Morgan fingerprint density at radius 3 is 2.67 bits per heavy atom. The molecule has 2 aromatic heterocycles. The number of ether oxygens (including phenoxy) is 1. The van der Waals surface area contributed by atoms with Gasteiger partial charge in [0.1, 0.15) is 17.6 Å². The third-order valence-electron chi connectivity index (χ3n) is 5.75.